The Morgan fingerprint density at radius 1 is 1.13 bits per heavy atom. The number of hydrogen-bond donors (Lipinski definition) is 2. The van der Waals surface area contributed by atoms with Gasteiger partial charge in [0.1, 0.15) is 29.0 Å². The van der Waals surface area contributed by atoms with Crippen LogP contribution in [0.1, 0.15) is 11.1 Å². The predicted octanol–water partition coefficient (Wildman–Crippen LogP) is 3.89. The minimum absolute atomic E-state index is 0.0290. The molecule has 0 fully saturated rings. The van der Waals surface area contributed by atoms with Crippen molar-refractivity contribution in [3.63, 3.8) is 0 Å². The van der Waals surface area contributed by atoms with Gasteiger partial charge in [-0.25, -0.2) is 4.98 Å². The molecule has 0 radical (unpaired) electrons. The lowest BCUT2D eigenvalue weighted by atomic mass is 9.97. The van der Waals surface area contributed by atoms with Gasteiger partial charge in [0.05, 0.1) is 12.9 Å². The second-order valence-corrected chi connectivity index (χ2v) is 7.71. The summed E-state index contributed by atoms with van der Waals surface area (Å²) in [4.78, 5) is 15.2. The van der Waals surface area contributed by atoms with Gasteiger partial charge in [0.15, 0.2) is 5.03 Å². The number of nitrogens with zero attached hydrogens (tertiary/aromatic N) is 2. The molecule has 0 saturated heterocycles. The first-order chi connectivity index (χ1) is 15.0. The summed E-state index contributed by atoms with van der Waals surface area (Å²) in [5.41, 5.74) is 8.11. The Hall–Kier alpha value is -3.72. The van der Waals surface area contributed by atoms with Crippen molar-refractivity contribution in [3.8, 4) is 29.0 Å². The summed E-state index contributed by atoms with van der Waals surface area (Å²) in [5.74, 6) is 0.525. The van der Waals surface area contributed by atoms with Crippen LogP contribution in [-0.2, 0) is 4.79 Å². The first-order valence-electron chi connectivity index (χ1n) is 8.98. The van der Waals surface area contributed by atoms with E-state index in [1.165, 1.54) is 0 Å². The number of benzene rings is 2. The van der Waals surface area contributed by atoms with E-state index >= 15 is 0 Å². The number of nitriles is 2. The summed E-state index contributed by atoms with van der Waals surface area (Å²) in [5, 5.41) is 23.2. The highest BCUT2D eigenvalue weighted by atomic mass is 35.5. The van der Waals surface area contributed by atoms with E-state index in [-0.39, 0.29) is 28.6 Å². The number of nitrogen functional groups attached to an aromatic ring is 1. The lowest BCUT2D eigenvalue weighted by Crippen LogP contribution is -2.20. The number of nitrogens with one attached hydrogen (secondary N) is 2. The van der Waals surface area contributed by atoms with Crippen molar-refractivity contribution >= 4 is 40.8 Å². The number of rotatable bonds is 6. The van der Waals surface area contributed by atoms with E-state index in [9.17, 15) is 15.3 Å². The van der Waals surface area contributed by atoms with Crippen molar-refractivity contribution in [2.45, 2.75) is 5.03 Å². The quantitative estimate of drug-likeness (QED) is 0.548. The lowest BCUT2D eigenvalue weighted by Gasteiger charge is -2.11. The smallest absolute Gasteiger partial charge is 0.289 e. The van der Waals surface area contributed by atoms with Gasteiger partial charge in [0.25, 0.3) is 5.82 Å². The van der Waals surface area contributed by atoms with Gasteiger partial charge < -0.3 is 10.1 Å². The predicted molar refractivity (Wildman–Crippen MR) is 120 cm³/mol. The van der Waals surface area contributed by atoms with Crippen LogP contribution < -0.4 is 20.8 Å². The molecular weight excluding hydrogens is 434 g/mol. The number of hydrogen-bond acceptors (Lipinski definition) is 6. The molecule has 3 aromatic rings. The minimum atomic E-state index is -0.265. The maximum Gasteiger partial charge on any atom is 0.289 e. The molecule has 1 aromatic heterocycles. The Balaban J connectivity index is 1.91. The standard InChI is InChI=1S/C22H16ClN5O2S/c1-30-16-8-2-13(3-9-16)20-17(10-24)21(26)28-22(18(20)11-25)31-12-19(29)27-15-6-4-14(23)5-7-15/h2-9H,12H2,1H3,(H2,26,28)(H,27,29)/p+1. The fourth-order valence-electron chi connectivity index (χ4n) is 2.87. The number of pyridine rings is 1. The third-order valence-electron chi connectivity index (χ3n) is 4.32. The van der Waals surface area contributed by atoms with Gasteiger partial charge in [-0.1, -0.05) is 35.5 Å². The molecule has 0 saturated carbocycles. The van der Waals surface area contributed by atoms with Crippen molar-refractivity contribution in [1.82, 2.24) is 0 Å². The van der Waals surface area contributed by atoms with Gasteiger partial charge >= 0.3 is 0 Å². The zero-order chi connectivity index (χ0) is 22.4. The first-order valence-corrected chi connectivity index (χ1v) is 10.3. The average Bonchev–Trinajstić information content (AvgIpc) is 2.78. The fraction of sp³-hybridized carbons (Fsp3) is 0.0909. The second kappa shape index (κ2) is 9.86. The third kappa shape index (κ3) is 5.07. The summed E-state index contributed by atoms with van der Waals surface area (Å²) in [6, 6.07) is 17.9. The van der Waals surface area contributed by atoms with Crippen molar-refractivity contribution in [2.24, 2.45) is 0 Å². The van der Waals surface area contributed by atoms with E-state index < -0.39 is 0 Å². The molecule has 31 heavy (non-hydrogen) atoms. The number of methoxy groups -OCH3 is 1. The minimum Gasteiger partial charge on any atom is -0.497 e. The van der Waals surface area contributed by atoms with E-state index in [1.807, 2.05) is 0 Å². The molecule has 7 nitrogen and oxygen atoms in total. The van der Waals surface area contributed by atoms with Gasteiger partial charge in [-0.2, -0.15) is 10.5 Å². The van der Waals surface area contributed by atoms with Crippen molar-refractivity contribution in [3.05, 3.63) is 64.7 Å². The Labute approximate surface area is 188 Å². The topological polar surface area (TPSA) is 126 Å². The van der Waals surface area contributed by atoms with Crippen LogP contribution in [0.15, 0.2) is 53.6 Å². The molecule has 154 valence electrons. The number of aromatic amines is 1. The van der Waals surface area contributed by atoms with E-state index in [1.54, 1.807) is 55.6 Å². The summed E-state index contributed by atoms with van der Waals surface area (Å²) >= 11 is 6.97. The molecule has 1 amide bonds. The van der Waals surface area contributed by atoms with Gasteiger partial charge in [-0.15, -0.1) is 0 Å². The van der Waals surface area contributed by atoms with Crippen molar-refractivity contribution in [1.29, 1.82) is 10.5 Å². The van der Waals surface area contributed by atoms with Gasteiger partial charge in [-0.3, -0.25) is 10.5 Å². The first kappa shape index (κ1) is 22.0. The lowest BCUT2D eigenvalue weighted by molar-refractivity contribution is -0.410. The van der Waals surface area contributed by atoms with Crippen molar-refractivity contribution < 1.29 is 14.5 Å². The van der Waals surface area contributed by atoms with Crippen LogP contribution in [0.3, 0.4) is 0 Å². The highest BCUT2D eigenvalue weighted by molar-refractivity contribution is 7.99. The highest BCUT2D eigenvalue weighted by Crippen LogP contribution is 2.34. The van der Waals surface area contributed by atoms with E-state index in [0.29, 0.717) is 32.6 Å². The number of ether oxygens (including phenoxy) is 1. The maximum atomic E-state index is 12.3. The van der Waals surface area contributed by atoms with Crippen LogP contribution in [0.25, 0.3) is 11.1 Å². The largest absolute Gasteiger partial charge is 0.497 e. The number of carbonyl (C=O) groups excluding carboxylic acids is 1. The maximum absolute atomic E-state index is 12.3. The summed E-state index contributed by atoms with van der Waals surface area (Å²) in [7, 11) is 1.55. The molecule has 0 aliphatic carbocycles. The zero-order valence-corrected chi connectivity index (χ0v) is 18.0. The number of carbonyl (C=O) groups is 1. The molecule has 0 unspecified atom stereocenters. The van der Waals surface area contributed by atoms with Gasteiger partial charge in [0.2, 0.25) is 5.91 Å². The number of aromatic nitrogens is 1. The normalized spacial score (nSPS) is 10.1. The second-order valence-electron chi connectivity index (χ2n) is 6.29. The number of H-pyrrole nitrogens is 1. The number of anilines is 2. The van der Waals surface area contributed by atoms with E-state index in [2.05, 4.69) is 22.4 Å². The molecule has 0 bridgehead atoms. The zero-order valence-electron chi connectivity index (χ0n) is 16.4. The molecule has 3 rings (SSSR count). The molecule has 0 atom stereocenters. The molecule has 0 aliphatic heterocycles. The van der Waals surface area contributed by atoms with Crippen molar-refractivity contribution in [2.75, 3.05) is 23.9 Å². The molecular formula is C22H17ClN5O2S+. The number of amides is 1. The molecule has 1 heterocycles. The van der Waals surface area contributed by atoms with Crippen LogP contribution >= 0.6 is 23.4 Å². The van der Waals surface area contributed by atoms with Crippen LogP contribution in [0.4, 0.5) is 11.5 Å². The fourth-order valence-corrected chi connectivity index (χ4v) is 3.81. The SMILES string of the molecule is COc1ccc(-c2c(C#N)c(N)[nH+]c(SCC(=O)Nc3ccc(Cl)cc3)c2C#N)cc1. The van der Waals surface area contributed by atoms with Crippen LogP contribution in [-0.4, -0.2) is 18.8 Å². The molecule has 0 aliphatic rings. The molecule has 9 heteroatoms. The van der Waals surface area contributed by atoms with E-state index in [4.69, 9.17) is 22.1 Å². The third-order valence-corrected chi connectivity index (χ3v) is 5.58. The average molecular weight is 451 g/mol. The number of halogens is 1. The summed E-state index contributed by atoms with van der Waals surface area (Å²) in [6.45, 7) is 0. The number of nitrogens with two attached hydrogens (primary N) is 1. The Kier molecular flexibility index (Phi) is 6.99. The Bertz CT molecular complexity index is 1200. The summed E-state index contributed by atoms with van der Waals surface area (Å²) in [6.07, 6.45) is 0. The van der Waals surface area contributed by atoms with Gasteiger partial charge in [-0.05, 0) is 42.0 Å². The van der Waals surface area contributed by atoms with Crippen LogP contribution in [0, 0.1) is 22.7 Å². The number of thioether (sulfide) groups is 1. The van der Waals surface area contributed by atoms with Crippen LogP contribution in [0.2, 0.25) is 5.02 Å². The molecule has 0 spiro atoms. The highest BCUT2D eigenvalue weighted by Gasteiger charge is 2.24. The molecule has 4 N–H and O–H groups in total. The van der Waals surface area contributed by atoms with Gasteiger partial charge in [0, 0.05) is 16.3 Å². The monoisotopic (exact) mass is 450 g/mol. The summed E-state index contributed by atoms with van der Waals surface area (Å²) < 4.78 is 5.17. The Morgan fingerprint density at radius 2 is 1.77 bits per heavy atom. The molecule has 2 aromatic carbocycles. The van der Waals surface area contributed by atoms with E-state index in [0.717, 1.165) is 11.8 Å². The van der Waals surface area contributed by atoms with Crippen LogP contribution in [0.5, 0.6) is 5.75 Å². The Morgan fingerprint density at radius 3 is 2.35 bits per heavy atom.